The van der Waals surface area contributed by atoms with Crippen molar-refractivity contribution in [3.63, 3.8) is 0 Å². The van der Waals surface area contributed by atoms with E-state index in [0.29, 0.717) is 6.42 Å². The van der Waals surface area contributed by atoms with Crippen molar-refractivity contribution in [2.45, 2.75) is 84.6 Å². The maximum atomic E-state index is 12.3. The monoisotopic (exact) mass is 634 g/mol. The third kappa shape index (κ3) is 7.93. The lowest BCUT2D eigenvalue weighted by atomic mass is 9.85. The third-order valence-corrected chi connectivity index (χ3v) is 7.76. The van der Waals surface area contributed by atoms with Crippen LogP contribution < -0.4 is 0 Å². The van der Waals surface area contributed by atoms with Crippen molar-refractivity contribution in [2.24, 2.45) is 0 Å². The predicted octanol–water partition coefficient (Wildman–Crippen LogP) is 3.81. The molecule has 0 aromatic heterocycles. The van der Waals surface area contributed by atoms with E-state index in [1.165, 1.54) is 12.5 Å². The molecule has 1 heterocycles. The average molecular weight is 636 g/mol. The van der Waals surface area contributed by atoms with Gasteiger partial charge in [0.2, 0.25) is 11.9 Å². The number of esters is 4. The summed E-state index contributed by atoms with van der Waals surface area (Å²) in [6.07, 6.45) is -4.43. The van der Waals surface area contributed by atoms with Crippen molar-refractivity contribution in [3.05, 3.63) is 68.7 Å². The van der Waals surface area contributed by atoms with Crippen LogP contribution in [0.2, 0.25) is 0 Å². The van der Waals surface area contributed by atoms with Crippen molar-refractivity contribution < 1.29 is 48.0 Å². The number of halogens is 1. The summed E-state index contributed by atoms with van der Waals surface area (Å²) >= 11 is 3.64. The van der Waals surface area contributed by atoms with E-state index in [4.69, 9.17) is 23.7 Å². The van der Waals surface area contributed by atoms with Gasteiger partial charge in [-0.1, -0.05) is 47.1 Å². The molecule has 1 fully saturated rings. The van der Waals surface area contributed by atoms with E-state index in [9.17, 15) is 24.3 Å². The zero-order valence-electron chi connectivity index (χ0n) is 23.9. The number of aliphatic hydroxyl groups is 1. The summed E-state index contributed by atoms with van der Waals surface area (Å²) in [7, 11) is 0. The van der Waals surface area contributed by atoms with E-state index in [0.717, 1.165) is 48.4 Å². The number of benzene rings is 2. The number of carbonyl (C=O) groups excluding carboxylic acids is 4. The summed E-state index contributed by atoms with van der Waals surface area (Å²) in [6, 6.07) is 11.5. The molecular weight excluding hydrogens is 600 g/mol. The van der Waals surface area contributed by atoms with Crippen LogP contribution in [0.5, 0.6) is 0 Å². The van der Waals surface area contributed by atoms with E-state index < -0.39 is 60.7 Å². The molecule has 1 N–H and O–H groups in total. The first kappa shape index (κ1) is 32.2. The molecule has 1 aliphatic heterocycles. The predicted molar refractivity (Wildman–Crippen MR) is 150 cm³/mol. The standard InChI is InChI=1S/C30H35BrO10/c1-7-21-8-10-22(11-9-21)13-23-14-24(12-16(2)26(23)31)30(36)29(40-20(6)35)28(39-19(5)34)27(38-18(4)33)25(41-30)15-37-17(3)32/h8-12,14,25,27-29,36H,7,13,15H2,1-6H3/t25-,27-,28+,29-,30-/m1/s1. The van der Waals surface area contributed by atoms with Crippen LogP contribution in [0.3, 0.4) is 0 Å². The Bertz CT molecular complexity index is 1290. The number of hydrogen-bond acceptors (Lipinski definition) is 10. The summed E-state index contributed by atoms with van der Waals surface area (Å²) in [5.41, 5.74) is 3.95. The van der Waals surface area contributed by atoms with Crippen molar-refractivity contribution in [2.75, 3.05) is 6.61 Å². The zero-order valence-corrected chi connectivity index (χ0v) is 25.5. The van der Waals surface area contributed by atoms with Gasteiger partial charge in [0, 0.05) is 37.7 Å². The molecule has 11 heteroatoms. The Morgan fingerprint density at radius 3 is 1.98 bits per heavy atom. The van der Waals surface area contributed by atoms with Crippen LogP contribution in [0.1, 0.15) is 62.4 Å². The summed E-state index contributed by atoms with van der Waals surface area (Å²) in [4.78, 5) is 48.1. The Kier molecular flexibility index (Phi) is 10.7. The second-order valence-corrected chi connectivity index (χ2v) is 10.7. The number of aryl methyl sites for hydroxylation is 2. The van der Waals surface area contributed by atoms with Gasteiger partial charge in [0.25, 0.3) is 0 Å². The molecule has 41 heavy (non-hydrogen) atoms. The number of ether oxygens (including phenoxy) is 5. The lowest BCUT2D eigenvalue weighted by Gasteiger charge is -2.48. The van der Waals surface area contributed by atoms with Gasteiger partial charge in [-0.2, -0.15) is 0 Å². The van der Waals surface area contributed by atoms with Crippen LogP contribution in [0.25, 0.3) is 0 Å². The Labute approximate surface area is 247 Å². The first-order valence-corrected chi connectivity index (χ1v) is 14.0. The highest BCUT2D eigenvalue weighted by atomic mass is 79.9. The second-order valence-electron chi connectivity index (χ2n) is 9.95. The molecule has 0 aliphatic carbocycles. The fraction of sp³-hybridized carbons (Fsp3) is 0.467. The SMILES string of the molecule is CCc1ccc(Cc2cc([C@@]3(O)O[C@H](COC(C)=O)[C@@H](OC(C)=O)[C@H](OC(C)=O)[C@H]3OC(C)=O)cc(C)c2Br)cc1. The second kappa shape index (κ2) is 13.6. The van der Waals surface area contributed by atoms with E-state index in [2.05, 4.69) is 22.9 Å². The number of carbonyl (C=O) groups is 4. The van der Waals surface area contributed by atoms with Crippen LogP contribution in [0.15, 0.2) is 40.9 Å². The first-order chi connectivity index (χ1) is 19.2. The zero-order chi connectivity index (χ0) is 30.5. The van der Waals surface area contributed by atoms with Crippen molar-refractivity contribution >= 4 is 39.8 Å². The van der Waals surface area contributed by atoms with Gasteiger partial charge < -0.3 is 28.8 Å². The highest BCUT2D eigenvalue weighted by Crippen LogP contribution is 2.42. The van der Waals surface area contributed by atoms with Crippen LogP contribution in [-0.2, 0) is 61.5 Å². The number of hydrogen-bond donors (Lipinski definition) is 1. The maximum Gasteiger partial charge on any atom is 0.303 e. The lowest BCUT2D eigenvalue weighted by molar-refractivity contribution is -0.360. The van der Waals surface area contributed by atoms with Crippen LogP contribution in [0, 0.1) is 6.92 Å². The van der Waals surface area contributed by atoms with Crippen molar-refractivity contribution in [1.82, 2.24) is 0 Å². The average Bonchev–Trinajstić information content (AvgIpc) is 2.89. The molecule has 222 valence electrons. The van der Waals surface area contributed by atoms with E-state index in [1.54, 1.807) is 12.1 Å². The van der Waals surface area contributed by atoms with Crippen LogP contribution in [-0.4, -0.2) is 60.0 Å². The van der Waals surface area contributed by atoms with Gasteiger partial charge in [0.15, 0.2) is 12.2 Å². The molecule has 10 nitrogen and oxygen atoms in total. The topological polar surface area (TPSA) is 135 Å². The van der Waals surface area contributed by atoms with Crippen molar-refractivity contribution in [3.8, 4) is 0 Å². The van der Waals surface area contributed by atoms with Crippen LogP contribution >= 0.6 is 15.9 Å². The van der Waals surface area contributed by atoms with E-state index in [-0.39, 0.29) is 5.56 Å². The Hall–Kier alpha value is -3.28. The Morgan fingerprint density at radius 2 is 1.44 bits per heavy atom. The molecule has 0 spiro atoms. The largest absolute Gasteiger partial charge is 0.463 e. The molecule has 1 aliphatic rings. The fourth-order valence-corrected chi connectivity index (χ4v) is 5.17. The Morgan fingerprint density at radius 1 is 0.878 bits per heavy atom. The third-order valence-electron chi connectivity index (χ3n) is 6.62. The minimum Gasteiger partial charge on any atom is -0.463 e. The molecule has 2 aromatic carbocycles. The fourth-order valence-electron chi connectivity index (χ4n) is 4.80. The minimum atomic E-state index is -2.40. The van der Waals surface area contributed by atoms with Gasteiger partial charge >= 0.3 is 23.9 Å². The molecule has 0 amide bonds. The van der Waals surface area contributed by atoms with Gasteiger partial charge in [-0.3, -0.25) is 19.2 Å². The number of rotatable bonds is 9. The van der Waals surface area contributed by atoms with Gasteiger partial charge in [0.1, 0.15) is 12.7 Å². The summed E-state index contributed by atoms with van der Waals surface area (Å²) < 4.78 is 28.4. The van der Waals surface area contributed by atoms with E-state index in [1.807, 2.05) is 31.2 Å². The molecule has 0 unspecified atom stereocenters. The van der Waals surface area contributed by atoms with Gasteiger partial charge in [-0.25, -0.2) is 0 Å². The molecule has 3 rings (SSSR count). The summed E-state index contributed by atoms with van der Waals surface area (Å²) in [5.74, 6) is -5.41. The van der Waals surface area contributed by atoms with Gasteiger partial charge in [0.05, 0.1) is 0 Å². The van der Waals surface area contributed by atoms with E-state index >= 15 is 0 Å². The summed E-state index contributed by atoms with van der Waals surface area (Å²) in [5, 5.41) is 12.2. The smallest absolute Gasteiger partial charge is 0.303 e. The molecule has 1 saturated heterocycles. The van der Waals surface area contributed by atoms with Crippen molar-refractivity contribution in [1.29, 1.82) is 0 Å². The molecule has 5 atom stereocenters. The molecular formula is C30H35BrO10. The van der Waals surface area contributed by atoms with Crippen LogP contribution in [0.4, 0.5) is 0 Å². The molecule has 0 radical (unpaired) electrons. The maximum absolute atomic E-state index is 12.3. The lowest BCUT2D eigenvalue weighted by Crippen LogP contribution is -2.66. The molecule has 2 aromatic rings. The quantitative estimate of drug-likeness (QED) is 0.320. The molecule has 0 saturated carbocycles. The Balaban J connectivity index is 2.17. The minimum absolute atomic E-state index is 0.191. The molecule has 0 bridgehead atoms. The first-order valence-electron chi connectivity index (χ1n) is 13.2. The normalized spacial score (nSPS) is 23.8. The van der Waals surface area contributed by atoms with Gasteiger partial charge in [-0.05, 0) is 54.2 Å². The van der Waals surface area contributed by atoms with Gasteiger partial charge in [-0.15, -0.1) is 0 Å². The highest BCUT2D eigenvalue weighted by molar-refractivity contribution is 9.10. The summed E-state index contributed by atoms with van der Waals surface area (Å²) in [6.45, 7) is 8.00. The highest BCUT2D eigenvalue weighted by Gasteiger charge is 2.60.